The van der Waals surface area contributed by atoms with Crippen LogP contribution in [-0.4, -0.2) is 67.9 Å². The number of nitrogens with one attached hydrogen (secondary N) is 1. The quantitative estimate of drug-likeness (QED) is 0.562. The van der Waals surface area contributed by atoms with Crippen LogP contribution in [0.25, 0.3) is 6.08 Å². The fraction of sp³-hybridized carbons (Fsp3) is 0.393. The number of halogens is 1. The van der Waals surface area contributed by atoms with Crippen LogP contribution in [0.2, 0.25) is 5.02 Å². The molecule has 0 atom stereocenters. The van der Waals surface area contributed by atoms with Crippen molar-refractivity contribution in [3.63, 3.8) is 0 Å². The molecule has 0 unspecified atom stereocenters. The van der Waals surface area contributed by atoms with Crippen molar-refractivity contribution in [2.45, 2.75) is 26.2 Å². The van der Waals surface area contributed by atoms with Gasteiger partial charge < -0.3 is 24.6 Å². The fourth-order valence-corrected chi connectivity index (χ4v) is 5.28. The number of ether oxygens (including phenoxy) is 2. The van der Waals surface area contributed by atoms with Gasteiger partial charge in [-0.2, -0.15) is 0 Å². The molecule has 2 saturated heterocycles. The highest BCUT2D eigenvalue weighted by Gasteiger charge is 2.42. The number of carbonyl (C=O) groups excluding carboxylic acids is 3. The Labute approximate surface area is 222 Å². The van der Waals surface area contributed by atoms with Crippen molar-refractivity contribution < 1.29 is 23.9 Å². The molecule has 1 N–H and O–H groups in total. The molecular weight excluding hydrogens is 494 g/mol. The van der Waals surface area contributed by atoms with Crippen molar-refractivity contribution in [3.05, 3.63) is 58.6 Å². The number of benzene rings is 2. The number of anilines is 1. The monoisotopic (exact) mass is 525 g/mol. The first kappa shape index (κ1) is 26.5. The van der Waals surface area contributed by atoms with Gasteiger partial charge in [-0.15, -0.1) is 0 Å². The van der Waals surface area contributed by atoms with E-state index in [2.05, 4.69) is 5.32 Å². The molecule has 9 heteroatoms. The SMILES string of the molecule is COc1ccc(OC)c(C(=O)N2CCC3(CCN(C(=O)/C=C/c4ccc(Cl)cc4NC(C)=O)C3)CC2)c1. The maximum Gasteiger partial charge on any atom is 0.257 e. The highest BCUT2D eigenvalue weighted by Crippen LogP contribution is 2.41. The molecule has 2 aliphatic rings. The summed E-state index contributed by atoms with van der Waals surface area (Å²) in [5.74, 6) is 0.785. The number of methoxy groups -OCH3 is 2. The van der Waals surface area contributed by atoms with E-state index in [-0.39, 0.29) is 23.1 Å². The van der Waals surface area contributed by atoms with Crippen LogP contribution < -0.4 is 14.8 Å². The third kappa shape index (κ3) is 6.07. The Bertz CT molecular complexity index is 1220. The first-order valence-electron chi connectivity index (χ1n) is 12.3. The van der Waals surface area contributed by atoms with E-state index in [4.69, 9.17) is 21.1 Å². The zero-order valence-corrected chi connectivity index (χ0v) is 22.1. The van der Waals surface area contributed by atoms with Gasteiger partial charge in [0.05, 0.1) is 19.8 Å². The molecule has 196 valence electrons. The minimum atomic E-state index is -0.209. The summed E-state index contributed by atoms with van der Waals surface area (Å²) in [5, 5.41) is 3.25. The number of rotatable bonds is 6. The standard InChI is InChI=1S/C28H32ClN3O5/c1-19(33)30-24-16-21(29)6-4-20(24)5-9-26(34)32-15-12-28(18-32)10-13-31(14-11-28)27(35)23-17-22(36-2)7-8-25(23)37-3/h4-9,16-17H,10-15,18H2,1-3H3,(H,30,33)/b9-5+. The summed E-state index contributed by atoms with van der Waals surface area (Å²) in [5.41, 5.74) is 1.78. The minimum Gasteiger partial charge on any atom is -0.497 e. The Morgan fingerprint density at radius 3 is 2.32 bits per heavy atom. The largest absolute Gasteiger partial charge is 0.497 e. The van der Waals surface area contributed by atoms with Crippen molar-refractivity contribution in [2.75, 3.05) is 45.7 Å². The Balaban J connectivity index is 1.37. The van der Waals surface area contributed by atoms with Gasteiger partial charge in [-0.25, -0.2) is 0 Å². The predicted octanol–water partition coefficient (Wildman–Crippen LogP) is 4.48. The van der Waals surface area contributed by atoms with Gasteiger partial charge in [-0.05, 0) is 66.6 Å². The topological polar surface area (TPSA) is 88.2 Å². The molecule has 0 saturated carbocycles. The van der Waals surface area contributed by atoms with Crippen LogP contribution in [0.5, 0.6) is 11.5 Å². The van der Waals surface area contributed by atoms with E-state index in [9.17, 15) is 14.4 Å². The number of nitrogens with zero attached hydrogens (tertiary/aromatic N) is 2. The molecule has 3 amide bonds. The molecule has 1 spiro atoms. The molecule has 2 fully saturated rings. The van der Waals surface area contributed by atoms with E-state index in [1.54, 1.807) is 62.8 Å². The Hall–Kier alpha value is -3.52. The van der Waals surface area contributed by atoms with Crippen LogP contribution in [0.1, 0.15) is 42.1 Å². The molecular formula is C28H32ClN3O5. The molecule has 2 aliphatic heterocycles. The Kier molecular flexibility index (Phi) is 8.07. The number of likely N-dealkylation sites (tertiary alicyclic amines) is 2. The predicted molar refractivity (Wildman–Crippen MR) is 143 cm³/mol. The van der Waals surface area contributed by atoms with Gasteiger partial charge in [0, 0.05) is 49.9 Å². The highest BCUT2D eigenvalue weighted by atomic mass is 35.5. The summed E-state index contributed by atoms with van der Waals surface area (Å²) in [6.45, 7) is 4.03. The van der Waals surface area contributed by atoms with Crippen molar-refractivity contribution in [1.82, 2.24) is 9.80 Å². The summed E-state index contributed by atoms with van der Waals surface area (Å²) in [6, 6.07) is 10.4. The number of amides is 3. The van der Waals surface area contributed by atoms with E-state index in [1.807, 2.05) is 9.80 Å². The maximum absolute atomic E-state index is 13.2. The first-order valence-corrected chi connectivity index (χ1v) is 12.7. The second-order valence-corrected chi connectivity index (χ2v) is 10.1. The van der Waals surface area contributed by atoms with Crippen molar-refractivity contribution in [3.8, 4) is 11.5 Å². The van der Waals surface area contributed by atoms with Crippen LogP contribution in [-0.2, 0) is 9.59 Å². The van der Waals surface area contributed by atoms with E-state index in [1.165, 1.54) is 6.92 Å². The van der Waals surface area contributed by atoms with E-state index in [0.717, 1.165) is 19.3 Å². The molecule has 8 nitrogen and oxygen atoms in total. The minimum absolute atomic E-state index is 0.0142. The summed E-state index contributed by atoms with van der Waals surface area (Å²) in [7, 11) is 3.12. The molecule has 0 aliphatic carbocycles. The van der Waals surface area contributed by atoms with Crippen LogP contribution >= 0.6 is 11.6 Å². The summed E-state index contributed by atoms with van der Waals surface area (Å²) in [6.07, 6.45) is 5.83. The lowest BCUT2D eigenvalue weighted by atomic mass is 9.77. The fourth-order valence-electron chi connectivity index (χ4n) is 5.11. The van der Waals surface area contributed by atoms with Gasteiger partial charge in [0.15, 0.2) is 0 Å². The van der Waals surface area contributed by atoms with Gasteiger partial charge in [0.25, 0.3) is 5.91 Å². The summed E-state index contributed by atoms with van der Waals surface area (Å²) >= 11 is 6.06. The smallest absolute Gasteiger partial charge is 0.257 e. The van der Waals surface area contributed by atoms with E-state index in [0.29, 0.717) is 59.5 Å². The van der Waals surface area contributed by atoms with Gasteiger partial charge in [0.2, 0.25) is 11.8 Å². The second kappa shape index (κ2) is 11.3. The zero-order chi connectivity index (χ0) is 26.6. The van der Waals surface area contributed by atoms with Crippen LogP contribution in [0.3, 0.4) is 0 Å². The lowest BCUT2D eigenvalue weighted by Gasteiger charge is -2.39. The van der Waals surface area contributed by atoms with E-state index >= 15 is 0 Å². The first-order chi connectivity index (χ1) is 17.7. The lowest BCUT2D eigenvalue weighted by Crippen LogP contribution is -2.44. The van der Waals surface area contributed by atoms with Crippen molar-refractivity contribution in [2.24, 2.45) is 5.41 Å². The van der Waals surface area contributed by atoms with Gasteiger partial charge >= 0.3 is 0 Å². The molecule has 0 radical (unpaired) electrons. The molecule has 0 bridgehead atoms. The summed E-state index contributed by atoms with van der Waals surface area (Å²) < 4.78 is 10.7. The normalized spacial score (nSPS) is 16.8. The third-order valence-electron chi connectivity index (χ3n) is 7.23. The van der Waals surface area contributed by atoms with Crippen molar-refractivity contribution in [1.29, 1.82) is 0 Å². The number of hydrogen-bond acceptors (Lipinski definition) is 5. The Morgan fingerprint density at radius 2 is 1.68 bits per heavy atom. The molecule has 2 aromatic carbocycles. The average Bonchev–Trinajstić information content (AvgIpc) is 3.30. The highest BCUT2D eigenvalue weighted by molar-refractivity contribution is 6.31. The van der Waals surface area contributed by atoms with Crippen LogP contribution in [0.4, 0.5) is 5.69 Å². The zero-order valence-electron chi connectivity index (χ0n) is 21.4. The molecule has 4 rings (SSSR count). The van der Waals surface area contributed by atoms with Gasteiger partial charge in [-0.3, -0.25) is 14.4 Å². The molecule has 2 aromatic rings. The number of hydrogen-bond donors (Lipinski definition) is 1. The lowest BCUT2D eigenvalue weighted by molar-refractivity contribution is -0.125. The second-order valence-electron chi connectivity index (χ2n) is 9.61. The summed E-state index contributed by atoms with van der Waals surface area (Å²) in [4.78, 5) is 41.4. The third-order valence-corrected chi connectivity index (χ3v) is 7.46. The van der Waals surface area contributed by atoms with Gasteiger partial charge in [0.1, 0.15) is 11.5 Å². The maximum atomic E-state index is 13.2. The number of carbonyl (C=O) groups is 3. The van der Waals surface area contributed by atoms with Crippen LogP contribution in [0.15, 0.2) is 42.5 Å². The molecule has 0 aromatic heterocycles. The average molecular weight is 526 g/mol. The Morgan fingerprint density at radius 1 is 0.973 bits per heavy atom. The van der Waals surface area contributed by atoms with E-state index < -0.39 is 0 Å². The van der Waals surface area contributed by atoms with Crippen LogP contribution in [0, 0.1) is 5.41 Å². The number of piperidine rings is 1. The van der Waals surface area contributed by atoms with Gasteiger partial charge in [-0.1, -0.05) is 17.7 Å². The molecule has 37 heavy (non-hydrogen) atoms. The molecule has 2 heterocycles. The van der Waals surface area contributed by atoms with Crippen molar-refractivity contribution >= 4 is 41.1 Å².